The van der Waals surface area contributed by atoms with Crippen molar-refractivity contribution in [1.82, 2.24) is 4.98 Å². The van der Waals surface area contributed by atoms with Gasteiger partial charge < -0.3 is 14.8 Å². The molecule has 0 aliphatic carbocycles. The van der Waals surface area contributed by atoms with Crippen LogP contribution in [0.2, 0.25) is 10.0 Å². The summed E-state index contributed by atoms with van der Waals surface area (Å²) >= 11 is 11.7. The highest BCUT2D eigenvalue weighted by molar-refractivity contribution is 6.37. The van der Waals surface area contributed by atoms with Crippen molar-refractivity contribution < 1.29 is 14.3 Å². The molecule has 0 atom stereocenters. The summed E-state index contributed by atoms with van der Waals surface area (Å²) in [6, 6.07) is 11.0. The van der Waals surface area contributed by atoms with Gasteiger partial charge in [-0.25, -0.2) is 4.98 Å². The van der Waals surface area contributed by atoms with E-state index >= 15 is 0 Å². The molecule has 0 spiro atoms. The van der Waals surface area contributed by atoms with E-state index in [-0.39, 0.29) is 28.1 Å². The molecule has 1 heterocycles. The van der Waals surface area contributed by atoms with Crippen LogP contribution in [0.1, 0.15) is 37.6 Å². The maximum atomic E-state index is 12.1. The molecule has 0 aliphatic rings. The number of hydrogen-bond acceptors (Lipinski definition) is 4. The molecule has 146 valence electrons. The van der Waals surface area contributed by atoms with Crippen molar-refractivity contribution in [2.75, 3.05) is 5.32 Å². The van der Waals surface area contributed by atoms with Gasteiger partial charge in [0.05, 0.1) is 16.2 Å². The lowest BCUT2D eigenvalue weighted by molar-refractivity contribution is -0.116. The van der Waals surface area contributed by atoms with E-state index in [1.807, 2.05) is 12.1 Å². The fraction of sp³-hybridized carbons (Fsp3) is 0.238. The molecule has 0 radical (unpaired) electrons. The Morgan fingerprint density at radius 1 is 1.18 bits per heavy atom. The molecule has 3 aromatic rings. The maximum Gasteiger partial charge on any atom is 0.224 e. The average molecular weight is 419 g/mol. The van der Waals surface area contributed by atoms with Crippen LogP contribution in [-0.4, -0.2) is 16.0 Å². The van der Waals surface area contributed by atoms with Crippen molar-refractivity contribution in [2.24, 2.45) is 0 Å². The number of phenolic OH excluding ortho intramolecular Hbond substituents is 1. The molecule has 0 saturated heterocycles. The van der Waals surface area contributed by atoms with Gasteiger partial charge in [0.25, 0.3) is 0 Å². The minimum atomic E-state index is -0.237. The highest BCUT2D eigenvalue weighted by atomic mass is 35.5. The number of nitrogens with zero attached hydrogens (tertiary/aromatic N) is 1. The first-order valence-electron chi connectivity index (χ1n) is 8.86. The molecule has 3 rings (SSSR count). The molecule has 1 amide bonds. The topological polar surface area (TPSA) is 75.4 Å². The van der Waals surface area contributed by atoms with Crippen molar-refractivity contribution >= 4 is 34.8 Å². The van der Waals surface area contributed by atoms with Gasteiger partial charge >= 0.3 is 0 Å². The molecular formula is C21H20Cl2N2O3. The number of benzene rings is 2. The third-order valence-electron chi connectivity index (χ3n) is 4.28. The van der Waals surface area contributed by atoms with Gasteiger partial charge in [0.15, 0.2) is 17.4 Å². The minimum absolute atomic E-state index is 0.0728. The van der Waals surface area contributed by atoms with Crippen LogP contribution in [0.5, 0.6) is 5.75 Å². The van der Waals surface area contributed by atoms with Gasteiger partial charge in [0.2, 0.25) is 5.91 Å². The summed E-state index contributed by atoms with van der Waals surface area (Å²) in [6.07, 6.45) is 2.20. The fourth-order valence-corrected chi connectivity index (χ4v) is 3.16. The van der Waals surface area contributed by atoms with Crippen LogP contribution >= 0.6 is 23.2 Å². The number of aryl methyl sites for hydroxylation is 1. The average Bonchev–Trinajstić information content (AvgIpc) is 3.13. The lowest BCUT2D eigenvalue weighted by atomic mass is 10.0. The monoisotopic (exact) mass is 418 g/mol. The molecule has 0 saturated carbocycles. The molecular weight excluding hydrogens is 399 g/mol. The van der Waals surface area contributed by atoms with Gasteiger partial charge in [0.1, 0.15) is 0 Å². The summed E-state index contributed by atoms with van der Waals surface area (Å²) in [4.78, 5) is 16.4. The quantitative estimate of drug-likeness (QED) is 0.477. The number of rotatable bonds is 6. The Hall–Kier alpha value is -2.50. The molecule has 0 fully saturated rings. The second-order valence-corrected chi connectivity index (χ2v) is 7.55. The summed E-state index contributed by atoms with van der Waals surface area (Å²) in [5.74, 6) is 1.17. The Morgan fingerprint density at radius 2 is 1.82 bits per heavy atom. The minimum Gasteiger partial charge on any atom is -0.505 e. The van der Waals surface area contributed by atoms with E-state index in [4.69, 9.17) is 27.6 Å². The summed E-state index contributed by atoms with van der Waals surface area (Å²) in [6.45, 7) is 4.29. The molecule has 0 aliphatic heterocycles. The Bertz CT molecular complexity index is 959. The van der Waals surface area contributed by atoms with E-state index in [1.165, 1.54) is 17.7 Å². The first-order chi connectivity index (χ1) is 13.3. The number of phenols is 1. The second kappa shape index (κ2) is 8.67. The second-order valence-electron chi connectivity index (χ2n) is 6.73. The van der Waals surface area contributed by atoms with Crippen molar-refractivity contribution in [3.63, 3.8) is 0 Å². The number of aromatic nitrogens is 1. The van der Waals surface area contributed by atoms with Crippen LogP contribution in [0.15, 0.2) is 47.0 Å². The van der Waals surface area contributed by atoms with Gasteiger partial charge in [-0.3, -0.25) is 4.79 Å². The highest BCUT2D eigenvalue weighted by Crippen LogP contribution is 2.34. The first-order valence-corrected chi connectivity index (χ1v) is 9.62. The van der Waals surface area contributed by atoms with Crippen molar-refractivity contribution in [3.05, 3.63) is 64.1 Å². The molecule has 1 aromatic heterocycles. The normalized spacial score (nSPS) is 11.0. The molecule has 2 N–H and O–H groups in total. The van der Waals surface area contributed by atoms with Crippen LogP contribution in [0.25, 0.3) is 11.3 Å². The van der Waals surface area contributed by atoms with Crippen LogP contribution in [0, 0.1) is 0 Å². The number of oxazole rings is 1. The molecule has 7 heteroatoms. The Morgan fingerprint density at radius 3 is 2.43 bits per heavy atom. The van der Waals surface area contributed by atoms with Gasteiger partial charge in [-0.15, -0.1) is 0 Å². The van der Waals surface area contributed by atoms with Gasteiger partial charge in [-0.05, 0) is 23.6 Å². The number of aromatic hydroxyl groups is 1. The lowest BCUT2D eigenvalue weighted by Crippen LogP contribution is -2.12. The summed E-state index contributed by atoms with van der Waals surface area (Å²) in [7, 11) is 0. The van der Waals surface area contributed by atoms with Gasteiger partial charge in [0, 0.05) is 24.1 Å². The Labute approximate surface area is 173 Å². The van der Waals surface area contributed by atoms with Crippen LogP contribution < -0.4 is 5.32 Å². The maximum absolute atomic E-state index is 12.1. The number of carbonyl (C=O) groups excluding carboxylic acids is 1. The standard InChI is InChI=1S/C21H20Cl2N2O3/c1-12(2)13-3-5-14(6-4-13)18-11-24-20(28-18)8-7-19(26)25-15-9-16(22)21(27)17(23)10-15/h3-6,9-12,27H,7-8H2,1-2H3,(H,25,26). The lowest BCUT2D eigenvalue weighted by Gasteiger charge is -2.07. The molecule has 5 nitrogen and oxygen atoms in total. The Kier molecular flexibility index (Phi) is 6.27. The van der Waals surface area contributed by atoms with E-state index in [9.17, 15) is 9.90 Å². The summed E-state index contributed by atoms with van der Waals surface area (Å²) in [5, 5.41) is 12.4. The molecule has 2 aromatic carbocycles. The first kappa shape index (κ1) is 20.2. The zero-order chi connectivity index (χ0) is 20.3. The predicted octanol–water partition coefficient (Wildman–Crippen LogP) is 6.05. The number of hydrogen-bond donors (Lipinski definition) is 2. The van der Waals surface area contributed by atoms with E-state index < -0.39 is 0 Å². The van der Waals surface area contributed by atoms with Crippen molar-refractivity contribution in [2.45, 2.75) is 32.6 Å². The van der Waals surface area contributed by atoms with E-state index in [0.717, 1.165) is 5.56 Å². The smallest absolute Gasteiger partial charge is 0.224 e. The zero-order valence-corrected chi connectivity index (χ0v) is 17.0. The fourth-order valence-electron chi connectivity index (χ4n) is 2.67. The number of nitrogens with one attached hydrogen (secondary N) is 1. The van der Waals surface area contributed by atoms with E-state index in [0.29, 0.717) is 29.7 Å². The van der Waals surface area contributed by atoms with Crippen molar-refractivity contribution in [3.8, 4) is 17.1 Å². The van der Waals surface area contributed by atoms with Crippen LogP contribution in [-0.2, 0) is 11.2 Å². The number of halogens is 2. The van der Waals surface area contributed by atoms with Gasteiger partial charge in [-0.2, -0.15) is 0 Å². The zero-order valence-electron chi connectivity index (χ0n) is 15.5. The highest BCUT2D eigenvalue weighted by Gasteiger charge is 2.12. The van der Waals surface area contributed by atoms with Crippen LogP contribution in [0.4, 0.5) is 5.69 Å². The van der Waals surface area contributed by atoms with E-state index in [1.54, 1.807) is 6.20 Å². The Balaban J connectivity index is 1.59. The molecule has 0 bridgehead atoms. The molecule has 0 unspecified atom stereocenters. The summed E-state index contributed by atoms with van der Waals surface area (Å²) < 4.78 is 5.76. The van der Waals surface area contributed by atoms with E-state index in [2.05, 4.69) is 36.3 Å². The molecule has 28 heavy (non-hydrogen) atoms. The number of carbonyl (C=O) groups is 1. The third-order valence-corrected chi connectivity index (χ3v) is 4.86. The SMILES string of the molecule is CC(C)c1ccc(-c2cnc(CCC(=O)Nc3cc(Cl)c(O)c(Cl)c3)o2)cc1. The number of anilines is 1. The predicted molar refractivity (Wildman–Crippen MR) is 111 cm³/mol. The van der Waals surface area contributed by atoms with Crippen LogP contribution in [0.3, 0.4) is 0 Å². The van der Waals surface area contributed by atoms with Crippen molar-refractivity contribution in [1.29, 1.82) is 0 Å². The number of amides is 1. The summed E-state index contributed by atoms with van der Waals surface area (Å²) in [5.41, 5.74) is 2.62. The third kappa shape index (κ3) is 4.86. The van der Waals surface area contributed by atoms with Gasteiger partial charge in [-0.1, -0.05) is 61.3 Å². The largest absolute Gasteiger partial charge is 0.505 e.